The summed E-state index contributed by atoms with van der Waals surface area (Å²) in [5.41, 5.74) is 6.79. The molecule has 0 bridgehead atoms. The van der Waals surface area contributed by atoms with E-state index >= 15 is 0 Å². The van der Waals surface area contributed by atoms with Gasteiger partial charge in [0.1, 0.15) is 5.15 Å². The first-order valence-electron chi connectivity index (χ1n) is 6.72. The van der Waals surface area contributed by atoms with E-state index in [1.165, 1.54) is 12.1 Å². The average molecular weight is 427 g/mol. The summed E-state index contributed by atoms with van der Waals surface area (Å²) in [6, 6.07) is 6.19. The second-order valence-corrected chi connectivity index (χ2v) is 8.81. The molecule has 2 rings (SSSR count). The van der Waals surface area contributed by atoms with E-state index in [9.17, 15) is 8.42 Å². The number of halogens is 3. The van der Waals surface area contributed by atoms with Crippen molar-refractivity contribution in [3.8, 4) is 0 Å². The number of hydrogen-bond acceptors (Lipinski definition) is 5. The van der Waals surface area contributed by atoms with Crippen LogP contribution in [0.4, 0.5) is 5.69 Å². The summed E-state index contributed by atoms with van der Waals surface area (Å²) >= 11 is 19.1. The van der Waals surface area contributed by atoms with E-state index in [1.807, 2.05) is 6.07 Å². The van der Waals surface area contributed by atoms with Crippen LogP contribution in [0.2, 0.25) is 15.2 Å². The third-order valence-corrected chi connectivity index (χ3v) is 6.26. The van der Waals surface area contributed by atoms with Crippen LogP contribution < -0.4 is 10.5 Å². The second-order valence-electron chi connectivity index (χ2n) is 4.74. The highest BCUT2D eigenvalue weighted by Gasteiger charge is 2.17. The lowest BCUT2D eigenvalue weighted by Gasteiger charge is -2.09. The van der Waals surface area contributed by atoms with Crippen LogP contribution >= 0.6 is 46.6 Å². The van der Waals surface area contributed by atoms with E-state index in [0.29, 0.717) is 16.7 Å². The van der Waals surface area contributed by atoms with Gasteiger partial charge in [-0.2, -0.15) is 11.8 Å². The van der Waals surface area contributed by atoms with Gasteiger partial charge in [0.25, 0.3) is 0 Å². The van der Waals surface area contributed by atoms with E-state index in [2.05, 4.69) is 9.71 Å². The molecule has 1 aromatic carbocycles. The largest absolute Gasteiger partial charge is 0.396 e. The van der Waals surface area contributed by atoms with Gasteiger partial charge in [-0.25, -0.2) is 18.1 Å². The number of aromatic nitrogens is 1. The first-order chi connectivity index (χ1) is 11.3. The van der Waals surface area contributed by atoms with Crippen LogP contribution in [0.25, 0.3) is 0 Å². The first kappa shape index (κ1) is 19.6. The molecule has 10 heteroatoms. The van der Waals surface area contributed by atoms with E-state index in [0.717, 1.165) is 5.56 Å². The number of rotatable bonds is 7. The fourth-order valence-corrected chi connectivity index (χ4v) is 4.60. The number of sulfonamides is 1. The standard InChI is InChI=1S/C14H14Cl3N3O2S2/c15-11-6-10(7-12(16)14(11)18)24(21,22)20-3-4-23-8-9-1-2-19-13(17)5-9/h1-2,5-7,20H,3-4,8,18H2. The molecule has 3 N–H and O–H groups in total. The zero-order valence-corrected chi connectivity index (χ0v) is 16.2. The van der Waals surface area contributed by atoms with Crippen LogP contribution in [0.15, 0.2) is 35.4 Å². The SMILES string of the molecule is Nc1c(Cl)cc(S(=O)(=O)NCCSCc2ccnc(Cl)c2)cc1Cl. The first-order valence-corrected chi connectivity index (χ1v) is 10.5. The molecule has 0 unspecified atom stereocenters. The molecular formula is C14H14Cl3N3O2S2. The molecule has 0 aliphatic rings. The molecule has 5 nitrogen and oxygen atoms in total. The minimum atomic E-state index is -3.69. The normalized spacial score (nSPS) is 11.6. The second kappa shape index (κ2) is 8.60. The van der Waals surface area contributed by atoms with Gasteiger partial charge in [-0.1, -0.05) is 34.8 Å². The quantitative estimate of drug-likeness (QED) is 0.399. The minimum absolute atomic E-state index is 0.0161. The summed E-state index contributed by atoms with van der Waals surface area (Å²) in [4.78, 5) is 3.89. The van der Waals surface area contributed by atoms with Crippen molar-refractivity contribution in [1.29, 1.82) is 0 Å². The van der Waals surface area contributed by atoms with Gasteiger partial charge in [-0.3, -0.25) is 0 Å². The third kappa shape index (κ3) is 5.40. The number of thioether (sulfide) groups is 1. The molecule has 2 aromatic rings. The Hall–Kier alpha value is -0.700. The number of anilines is 1. The summed E-state index contributed by atoms with van der Waals surface area (Å²) in [6.07, 6.45) is 1.63. The molecule has 1 aromatic heterocycles. The molecule has 0 fully saturated rings. The molecule has 0 atom stereocenters. The molecule has 0 saturated heterocycles. The number of nitrogens with one attached hydrogen (secondary N) is 1. The summed E-state index contributed by atoms with van der Waals surface area (Å²) in [7, 11) is -3.69. The van der Waals surface area contributed by atoms with Crippen LogP contribution in [0.5, 0.6) is 0 Å². The topological polar surface area (TPSA) is 85.1 Å². The number of hydrogen-bond donors (Lipinski definition) is 2. The molecule has 130 valence electrons. The van der Waals surface area contributed by atoms with Crippen molar-refractivity contribution >= 4 is 62.3 Å². The van der Waals surface area contributed by atoms with Crippen molar-refractivity contribution in [1.82, 2.24) is 9.71 Å². The Labute approximate surface area is 159 Å². The molecule has 0 radical (unpaired) electrons. The molecule has 1 heterocycles. The summed E-state index contributed by atoms with van der Waals surface area (Å²) in [5, 5.41) is 0.643. The predicted molar refractivity (Wildman–Crippen MR) is 101 cm³/mol. The van der Waals surface area contributed by atoms with Crippen molar-refractivity contribution in [3.05, 3.63) is 51.2 Å². The number of pyridine rings is 1. The van der Waals surface area contributed by atoms with Crippen molar-refractivity contribution in [2.45, 2.75) is 10.6 Å². The minimum Gasteiger partial charge on any atom is -0.396 e. The molecule has 0 aliphatic carbocycles. The lowest BCUT2D eigenvalue weighted by Crippen LogP contribution is -2.26. The van der Waals surface area contributed by atoms with Gasteiger partial charge >= 0.3 is 0 Å². The van der Waals surface area contributed by atoms with Crippen molar-refractivity contribution in [3.63, 3.8) is 0 Å². The Morgan fingerprint density at radius 3 is 2.46 bits per heavy atom. The highest BCUT2D eigenvalue weighted by molar-refractivity contribution is 7.98. The Bertz CT molecular complexity index is 809. The lowest BCUT2D eigenvalue weighted by molar-refractivity contribution is 0.584. The van der Waals surface area contributed by atoms with Gasteiger partial charge in [0.05, 0.1) is 20.6 Å². The van der Waals surface area contributed by atoms with E-state index in [4.69, 9.17) is 40.5 Å². The van der Waals surface area contributed by atoms with E-state index in [1.54, 1.807) is 24.0 Å². The van der Waals surface area contributed by atoms with Crippen molar-refractivity contribution in [2.75, 3.05) is 18.0 Å². The molecule has 0 spiro atoms. The monoisotopic (exact) mass is 425 g/mol. The van der Waals surface area contributed by atoms with E-state index < -0.39 is 10.0 Å². The van der Waals surface area contributed by atoms with Gasteiger partial charge in [0, 0.05) is 24.2 Å². The maximum absolute atomic E-state index is 12.2. The number of nitrogens with two attached hydrogens (primary N) is 1. The van der Waals surface area contributed by atoms with Crippen LogP contribution in [-0.2, 0) is 15.8 Å². The molecule has 24 heavy (non-hydrogen) atoms. The smallest absolute Gasteiger partial charge is 0.240 e. The average Bonchev–Trinajstić information content (AvgIpc) is 2.51. The summed E-state index contributed by atoms with van der Waals surface area (Å²) in [5.74, 6) is 1.30. The molecule has 0 aliphatic heterocycles. The number of nitrogen functional groups attached to an aromatic ring is 1. The van der Waals surface area contributed by atoms with Crippen LogP contribution in [0.3, 0.4) is 0 Å². The maximum atomic E-state index is 12.2. The highest BCUT2D eigenvalue weighted by Crippen LogP contribution is 2.30. The van der Waals surface area contributed by atoms with Gasteiger partial charge < -0.3 is 5.73 Å². The Morgan fingerprint density at radius 1 is 1.17 bits per heavy atom. The van der Waals surface area contributed by atoms with Crippen LogP contribution in [0, 0.1) is 0 Å². The lowest BCUT2D eigenvalue weighted by atomic mass is 10.3. The number of nitrogens with zero attached hydrogens (tertiary/aromatic N) is 1. The molecule has 0 amide bonds. The highest BCUT2D eigenvalue weighted by atomic mass is 35.5. The number of benzene rings is 1. The van der Waals surface area contributed by atoms with Crippen LogP contribution in [-0.4, -0.2) is 25.7 Å². The van der Waals surface area contributed by atoms with Gasteiger partial charge in [-0.15, -0.1) is 0 Å². The summed E-state index contributed by atoms with van der Waals surface area (Å²) < 4.78 is 26.9. The fraction of sp³-hybridized carbons (Fsp3) is 0.214. The molecular weight excluding hydrogens is 413 g/mol. The molecule has 0 saturated carbocycles. The Kier molecular flexibility index (Phi) is 7.03. The maximum Gasteiger partial charge on any atom is 0.240 e. The Morgan fingerprint density at radius 2 is 1.83 bits per heavy atom. The van der Waals surface area contributed by atoms with E-state index in [-0.39, 0.29) is 27.2 Å². The van der Waals surface area contributed by atoms with Crippen LogP contribution in [0.1, 0.15) is 5.56 Å². The zero-order chi connectivity index (χ0) is 17.7. The van der Waals surface area contributed by atoms with Crippen molar-refractivity contribution in [2.24, 2.45) is 0 Å². The van der Waals surface area contributed by atoms with Gasteiger partial charge in [0.2, 0.25) is 10.0 Å². The fourth-order valence-electron chi connectivity index (χ4n) is 1.77. The zero-order valence-electron chi connectivity index (χ0n) is 12.3. The third-order valence-electron chi connectivity index (χ3n) is 2.96. The van der Waals surface area contributed by atoms with Crippen molar-refractivity contribution < 1.29 is 8.42 Å². The summed E-state index contributed by atoms with van der Waals surface area (Å²) in [6.45, 7) is 0.269. The predicted octanol–water partition coefficient (Wildman–Crippen LogP) is 3.84. The van der Waals surface area contributed by atoms with Gasteiger partial charge in [0.15, 0.2) is 0 Å². The Balaban J connectivity index is 1.87. The van der Waals surface area contributed by atoms with Gasteiger partial charge in [-0.05, 0) is 29.8 Å².